The van der Waals surface area contributed by atoms with Crippen molar-refractivity contribution in [1.82, 2.24) is 10.2 Å². The number of amides is 1. The van der Waals surface area contributed by atoms with E-state index in [-0.39, 0.29) is 5.91 Å². The smallest absolute Gasteiger partial charge is 0.216 e. The normalized spacial score (nSPS) is 23.1. The van der Waals surface area contributed by atoms with Gasteiger partial charge < -0.3 is 10.2 Å². The summed E-state index contributed by atoms with van der Waals surface area (Å²) in [4.78, 5) is 13.3. The highest BCUT2D eigenvalue weighted by Crippen LogP contribution is 2.21. The Morgan fingerprint density at radius 1 is 1.47 bits per heavy atom. The topological polar surface area (TPSA) is 32.3 Å². The highest BCUT2D eigenvalue weighted by molar-refractivity contribution is 5.72. The molecular formula is C12H24N2O. The first-order valence-electron chi connectivity index (χ1n) is 5.83. The minimum absolute atomic E-state index is 0.0873. The minimum Gasteiger partial charge on any atom is -0.356 e. The van der Waals surface area contributed by atoms with Crippen LogP contribution in [0.4, 0.5) is 0 Å². The van der Waals surface area contributed by atoms with E-state index in [4.69, 9.17) is 0 Å². The van der Waals surface area contributed by atoms with E-state index in [2.05, 4.69) is 31.0 Å². The molecule has 0 spiro atoms. The molecule has 15 heavy (non-hydrogen) atoms. The van der Waals surface area contributed by atoms with Gasteiger partial charge in [0.05, 0.1) is 0 Å². The molecule has 3 heteroatoms. The van der Waals surface area contributed by atoms with Crippen LogP contribution in [-0.2, 0) is 4.79 Å². The maximum Gasteiger partial charge on any atom is 0.216 e. The van der Waals surface area contributed by atoms with Crippen LogP contribution in [0.15, 0.2) is 0 Å². The van der Waals surface area contributed by atoms with E-state index in [0.29, 0.717) is 11.3 Å². The number of likely N-dealkylation sites (tertiary alicyclic amines) is 1. The molecule has 0 aliphatic carbocycles. The lowest BCUT2D eigenvalue weighted by molar-refractivity contribution is -0.119. The summed E-state index contributed by atoms with van der Waals surface area (Å²) in [5, 5.41) is 2.91. The van der Waals surface area contributed by atoms with E-state index in [1.165, 1.54) is 13.0 Å². The maximum absolute atomic E-state index is 10.8. The zero-order chi connectivity index (χ0) is 11.5. The number of rotatable bonds is 3. The van der Waals surface area contributed by atoms with E-state index in [1.54, 1.807) is 6.92 Å². The van der Waals surface area contributed by atoms with Crippen molar-refractivity contribution in [2.24, 2.45) is 11.3 Å². The first-order valence-corrected chi connectivity index (χ1v) is 5.83. The van der Waals surface area contributed by atoms with Gasteiger partial charge in [0.25, 0.3) is 0 Å². The van der Waals surface area contributed by atoms with Gasteiger partial charge in [0.1, 0.15) is 0 Å². The molecule has 0 aromatic carbocycles. The Labute approximate surface area is 93.2 Å². The Kier molecular flexibility index (Phi) is 4.14. The third-order valence-electron chi connectivity index (χ3n) is 2.71. The summed E-state index contributed by atoms with van der Waals surface area (Å²) < 4.78 is 0. The number of hydrogen-bond donors (Lipinski definition) is 1. The molecule has 88 valence electrons. The zero-order valence-corrected chi connectivity index (χ0v) is 10.5. The molecule has 1 heterocycles. The van der Waals surface area contributed by atoms with Crippen LogP contribution in [0.25, 0.3) is 0 Å². The average Bonchev–Trinajstić information content (AvgIpc) is 2.45. The van der Waals surface area contributed by atoms with Crippen molar-refractivity contribution in [3.63, 3.8) is 0 Å². The van der Waals surface area contributed by atoms with Gasteiger partial charge in [0, 0.05) is 26.6 Å². The van der Waals surface area contributed by atoms with E-state index >= 15 is 0 Å². The quantitative estimate of drug-likeness (QED) is 0.768. The Morgan fingerprint density at radius 2 is 2.13 bits per heavy atom. The van der Waals surface area contributed by atoms with Gasteiger partial charge in [-0.2, -0.15) is 0 Å². The molecular weight excluding hydrogens is 188 g/mol. The van der Waals surface area contributed by atoms with E-state index in [0.717, 1.165) is 19.6 Å². The van der Waals surface area contributed by atoms with Gasteiger partial charge in [-0.15, -0.1) is 0 Å². The second-order valence-electron chi connectivity index (χ2n) is 5.89. The molecule has 1 aliphatic rings. The summed E-state index contributed by atoms with van der Waals surface area (Å²) in [5.74, 6) is 0.737. The number of nitrogens with one attached hydrogen (secondary N) is 1. The Balaban J connectivity index is 2.24. The predicted molar refractivity (Wildman–Crippen MR) is 62.7 cm³/mol. The van der Waals surface area contributed by atoms with Crippen LogP contribution < -0.4 is 5.32 Å². The largest absolute Gasteiger partial charge is 0.356 e. The zero-order valence-electron chi connectivity index (χ0n) is 10.5. The third-order valence-corrected chi connectivity index (χ3v) is 2.71. The number of nitrogens with zero attached hydrogens (tertiary/aromatic N) is 1. The van der Waals surface area contributed by atoms with Crippen LogP contribution in [-0.4, -0.2) is 37.0 Å². The summed E-state index contributed by atoms with van der Waals surface area (Å²) >= 11 is 0. The predicted octanol–water partition coefficient (Wildman–Crippen LogP) is 1.49. The van der Waals surface area contributed by atoms with Crippen molar-refractivity contribution in [3.05, 3.63) is 0 Å². The standard InChI is InChI=1S/C12H24N2O/c1-10(15)13-7-11-5-6-14(8-11)9-12(2,3)4/h11H,5-9H2,1-4H3,(H,13,15)/t11-/m0/s1. The molecule has 1 atom stereocenters. The van der Waals surface area contributed by atoms with Gasteiger partial charge in [0.2, 0.25) is 5.91 Å². The second-order valence-corrected chi connectivity index (χ2v) is 5.89. The average molecular weight is 212 g/mol. The van der Waals surface area contributed by atoms with E-state index < -0.39 is 0 Å². The van der Waals surface area contributed by atoms with Gasteiger partial charge in [-0.25, -0.2) is 0 Å². The molecule has 0 aromatic heterocycles. The number of carbonyl (C=O) groups excluding carboxylic acids is 1. The van der Waals surface area contributed by atoms with Crippen LogP contribution >= 0.6 is 0 Å². The first-order chi connectivity index (χ1) is 6.87. The van der Waals surface area contributed by atoms with Gasteiger partial charge in [-0.3, -0.25) is 4.79 Å². The van der Waals surface area contributed by atoms with Crippen molar-refractivity contribution >= 4 is 5.91 Å². The fraction of sp³-hybridized carbons (Fsp3) is 0.917. The van der Waals surface area contributed by atoms with E-state index in [1.807, 2.05) is 0 Å². The second kappa shape index (κ2) is 4.97. The summed E-state index contributed by atoms with van der Waals surface area (Å²) in [7, 11) is 0. The molecule has 1 N–H and O–H groups in total. The molecule has 1 amide bonds. The molecule has 1 saturated heterocycles. The minimum atomic E-state index is 0.0873. The Hall–Kier alpha value is -0.570. The molecule has 0 saturated carbocycles. The SMILES string of the molecule is CC(=O)NC[C@@H]1CCN(CC(C)(C)C)C1. The Morgan fingerprint density at radius 3 is 2.67 bits per heavy atom. The van der Waals surface area contributed by atoms with Crippen molar-refractivity contribution in [2.45, 2.75) is 34.1 Å². The molecule has 0 bridgehead atoms. The maximum atomic E-state index is 10.8. The number of hydrogen-bond acceptors (Lipinski definition) is 2. The highest BCUT2D eigenvalue weighted by atomic mass is 16.1. The van der Waals surface area contributed by atoms with Gasteiger partial charge in [-0.1, -0.05) is 20.8 Å². The number of carbonyl (C=O) groups is 1. The molecule has 1 rings (SSSR count). The summed E-state index contributed by atoms with van der Waals surface area (Å²) in [5.41, 5.74) is 0.378. The first kappa shape index (κ1) is 12.5. The van der Waals surface area contributed by atoms with Crippen LogP contribution in [0.2, 0.25) is 0 Å². The van der Waals surface area contributed by atoms with Crippen molar-refractivity contribution in [1.29, 1.82) is 0 Å². The molecule has 0 aromatic rings. The fourth-order valence-electron chi connectivity index (χ4n) is 2.18. The molecule has 1 fully saturated rings. The monoisotopic (exact) mass is 212 g/mol. The summed E-state index contributed by atoms with van der Waals surface area (Å²) in [6.45, 7) is 12.7. The molecule has 0 radical (unpaired) electrons. The lowest BCUT2D eigenvalue weighted by Crippen LogP contribution is -2.33. The van der Waals surface area contributed by atoms with Crippen molar-refractivity contribution in [2.75, 3.05) is 26.2 Å². The third kappa shape index (κ3) is 5.17. The lowest BCUT2D eigenvalue weighted by atomic mass is 9.96. The van der Waals surface area contributed by atoms with Crippen LogP contribution in [0.5, 0.6) is 0 Å². The lowest BCUT2D eigenvalue weighted by Gasteiger charge is -2.26. The van der Waals surface area contributed by atoms with Crippen molar-refractivity contribution in [3.8, 4) is 0 Å². The van der Waals surface area contributed by atoms with E-state index in [9.17, 15) is 4.79 Å². The fourth-order valence-corrected chi connectivity index (χ4v) is 2.18. The van der Waals surface area contributed by atoms with Crippen LogP contribution in [0.3, 0.4) is 0 Å². The van der Waals surface area contributed by atoms with Gasteiger partial charge >= 0.3 is 0 Å². The summed E-state index contributed by atoms with van der Waals surface area (Å²) in [6, 6.07) is 0. The summed E-state index contributed by atoms with van der Waals surface area (Å²) in [6.07, 6.45) is 1.22. The molecule has 1 aliphatic heterocycles. The Bertz CT molecular complexity index is 220. The van der Waals surface area contributed by atoms with Crippen LogP contribution in [0, 0.1) is 11.3 Å². The van der Waals surface area contributed by atoms with Gasteiger partial charge in [-0.05, 0) is 24.3 Å². The van der Waals surface area contributed by atoms with Crippen LogP contribution in [0.1, 0.15) is 34.1 Å². The molecule has 3 nitrogen and oxygen atoms in total. The van der Waals surface area contributed by atoms with Gasteiger partial charge in [0.15, 0.2) is 0 Å². The van der Waals surface area contributed by atoms with Crippen molar-refractivity contribution < 1.29 is 4.79 Å². The highest BCUT2D eigenvalue weighted by Gasteiger charge is 2.25. The molecule has 0 unspecified atom stereocenters.